The van der Waals surface area contributed by atoms with E-state index in [0.717, 1.165) is 24.2 Å². The Morgan fingerprint density at radius 2 is 2.13 bits per heavy atom. The zero-order valence-electron chi connectivity index (χ0n) is 14.9. The predicted octanol–water partition coefficient (Wildman–Crippen LogP) is 3.70. The van der Waals surface area contributed by atoms with Crippen LogP contribution < -0.4 is 0 Å². The SMILES string of the molecule is CCC1(OCc2cccc(C)n2)CCN(C(=O)OC(C)(C)C)C1. The van der Waals surface area contributed by atoms with E-state index in [1.807, 2.05) is 45.9 Å². The van der Waals surface area contributed by atoms with Gasteiger partial charge in [-0.25, -0.2) is 4.79 Å². The minimum absolute atomic E-state index is 0.259. The minimum atomic E-state index is -0.471. The number of amides is 1. The fraction of sp³-hybridized carbons (Fsp3) is 0.667. The summed E-state index contributed by atoms with van der Waals surface area (Å²) in [6.07, 6.45) is 1.43. The van der Waals surface area contributed by atoms with Crippen LogP contribution in [0.25, 0.3) is 0 Å². The predicted molar refractivity (Wildman–Crippen MR) is 89.2 cm³/mol. The Balaban J connectivity index is 1.96. The quantitative estimate of drug-likeness (QED) is 0.849. The summed E-state index contributed by atoms with van der Waals surface area (Å²) < 4.78 is 11.6. The Labute approximate surface area is 139 Å². The normalized spacial score (nSPS) is 21.5. The van der Waals surface area contributed by atoms with Gasteiger partial charge in [0.05, 0.1) is 24.4 Å². The van der Waals surface area contributed by atoms with E-state index < -0.39 is 5.60 Å². The number of likely N-dealkylation sites (tertiary alicyclic amines) is 1. The molecule has 1 atom stereocenters. The first-order valence-corrected chi connectivity index (χ1v) is 8.27. The molecule has 1 aliphatic heterocycles. The van der Waals surface area contributed by atoms with Crippen molar-refractivity contribution in [3.63, 3.8) is 0 Å². The maximum Gasteiger partial charge on any atom is 0.410 e. The number of aromatic nitrogens is 1. The van der Waals surface area contributed by atoms with Gasteiger partial charge in [0.15, 0.2) is 0 Å². The number of carbonyl (C=O) groups is 1. The van der Waals surface area contributed by atoms with Crippen LogP contribution >= 0.6 is 0 Å². The lowest BCUT2D eigenvalue weighted by Gasteiger charge is -2.29. The number of nitrogens with zero attached hydrogens (tertiary/aromatic N) is 2. The molecule has 0 bridgehead atoms. The lowest BCUT2D eigenvalue weighted by molar-refractivity contribution is -0.0539. The van der Waals surface area contributed by atoms with E-state index in [4.69, 9.17) is 9.47 Å². The van der Waals surface area contributed by atoms with Crippen molar-refractivity contribution >= 4 is 6.09 Å². The molecule has 1 aromatic rings. The highest BCUT2D eigenvalue weighted by molar-refractivity contribution is 5.68. The summed E-state index contributed by atoms with van der Waals surface area (Å²) in [6.45, 7) is 11.4. The molecule has 0 saturated carbocycles. The van der Waals surface area contributed by atoms with E-state index >= 15 is 0 Å². The molecule has 1 saturated heterocycles. The molecule has 23 heavy (non-hydrogen) atoms. The third-order valence-corrected chi connectivity index (χ3v) is 4.08. The van der Waals surface area contributed by atoms with Crippen LogP contribution in [0.15, 0.2) is 18.2 Å². The van der Waals surface area contributed by atoms with Gasteiger partial charge in [-0.3, -0.25) is 4.98 Å². The van der Waals surface area contributed by atoms with Gasteiger partial charge in [-0.1, -0.05) is 13.0 Å². The van der Waals surface area contributed by atoms with E-state index in [9.17, 15) is 4.79 Å². The smallest absolute Gasteiger partial charge is 0.410 e. The Morgan fingerprint density at radius 1 is 1.39 bits per heavy atom. The molecule has 2 rings (SSSR count). The van der Waals surface area contributed by atoms with Crippen LogP contribution in [-0.2, 0) is 16.1 Å². The van der Waals surface area contributed by atoms with Crippen molar-refractivity contribution in [2.75, 3.05) is 13.1 Å². The van der Waals surface area contributed by atoms with Crippen molar-refractivity contribution in [3.05, 3.63) is 29.6 Å². The second-order valence-electron chi connectivity index (χ2n) is 7.25. The van der Waals surface area contributed by atoms with Crippen LogP contribution in [0.2, 0.25) is 0 Å². The van der Waals surface area contributed by atoms with Gasteiger partial charge < -0.3 is 14.4 Å². The standard InChI is InChI=1S/C18H28N2O3/c1-6-18(22-12-15-9-7-8-14(2)19-15)10-11-20(13-18)16(21)23-17(3,4)5/h7-9H,6,10-13H2,1-5H3. The van der Waals surface area contributed by atoms with Gasteiger partial charge >= 0.3 is 6.09 Å². The van der Waals surface area contributed by atoms with Crippen molar-refractivity contribution in [2.24, 2.45) is 0 Å². The second kappa shape index (κ2) is 6.87. The highest BCUT2D eigenvalue weighted by Crippen LogP contribution is 2.30. The zero-order chi connectivity index (χ0) is 17.1. The average Bonchev–Trinajstić information content (AvgIpc) is 2.89. The van der Waals surface area contributed by atoms with Gasteiger partial charge in [0.25, 0.3) is 0 Å². The van der Waals surface area contributed by atoms with E-state index in [1.54, 1.807) is 4.90 Å². The largest absolute Gasteiger partial charge is 0.444 e. The molecule has 5 heteroatoms. The molecule has 0 aliphatic carbocycles. The molecule has 0 radical (unpaired) electrons. The Hall–Kier alpha value is -1.62. The van der Waals surface area contributed by atoms with E-state index in [1.165, 1.54) is 0 Å². The van der Waals surface area contributed by atoms with Crippen LogP contribution in [0.5, 0.6) is 0 Å². The number of pyridine rings is 1. The molecular formula is C18H28N2O3. The van der Waals surface area contributed by atoms with Crippen LogP contribution in [0.4, 0.5) is 4.79 Å². The number of aryl methyl sites for hydroxylation is 1. The van der Waals surface area contributed by atoms with Gasteiger partial charge in [0, 0.05) is 12.2 Å². The van der Waals surface area contributed by atoms with E-state index in [2.05, 4.69) is 11.9 Å². The van der Waals surface area contributed by atoms with Crippen molar-refractivity contribution in [1.82, 2.24) is 9.88 Å². The lowest BCUT2D eigenvalue weighted by atomic mass is 10.00. The Bertz CT molecular complexity index is 553. The van der Waals surface area contributed by atoms with E-state index in [-0.39, 0.29) is 11.7 Å². The van der Waals surface area contributed by atoms with Crippen molar-refractivity contribution in [3.8, 4) is 0 Å². The van der Waals surface area contributed by atoms with Crippen LogP contribution in [0.1, 0.15) is 51.9 Å². The molecule has 0 aromatic carbocycles. The average molecular weight is 320 g/mol. The molecule has 128 valence electrons. The van der Waals surface area contributed by atoms with Crippen molar-refractivity contribution < 1.29 is 14.3 Å². The third-order valence-electron chi connectivity index (χ3n) is 4.08. The lowest BCUT2D eigenvalue weighted by Crippen LogP contribution is -2.40. The first kappa shape index (κ1) is 17.7. The summed E-state index contributed by atoms with van der Waals surface area (Å²) in [5.74, 6) is 0. The molecule has 1 aromatic heterocycles. The van der Waals surface area contributed by atoms with Gasteiger partial charge in [-0.15, -0.1) is 0 Å². The third kappa shape index (κ3) is 4.93. The molecular weight excluding hydrogens is 292 g/mol. The molecule has 2 heterocycles. The first-order valence-electron chi connectivity index (χ1n) is 8.27. The molecule has 1 amide bonds. The molecule has 1 unspecified atom stereocenters. The Morgan fingerprint density at radius 3 is 2.74 bits per heavy atom. The molecule has 1 fully saturated rings. The monoisotopic (exact) mass is 320 g/mol. The Kier molecular flexibility index (Phi) is 5.30. The zero-order valence-corrected chi connectivity index (χ0v) is 14.9. The summed E-state index contributed by atoms with van der Waals surface area (Å²) in [6, 6.07) is 5.93. The van der Waals surface area contributed by atoms with E-state index in [0.29, 0.717) is 19.7 Å². The fourth-order valence-electron chi connectivity index (χ4n) is 2.74. The summed E-state index contributed by atoms with van der Waals surface area (Å²) >= 11 is 0. The summed E-state index contributed by atoms with van der Waals surface area (Å²) in [4.78, 5) is 18.4. The molecule has 0 N–H and O–H groups in total. The van der Waals surface area contributed by atoms with Crippen LogP contribution in [0, 0.1) is 6.92 Å². The van der Waals surface area contributed by atoms with Crippen molar-refractivity contribution in [2.45, 2.75) is 65.3 Å². The molecule has 0 spiro atoms. The summed E-state index contributed by atoms with van der Waals surface area (Å²) in [5.41, 5.74) is 1.13. The second-order valence-corrected chi connectivity index (χ2v) is 7.25. The van der Waals surface area contributed by atoms with Gasteiger partial charge in [-0.2, -0.15) is 0 Å². The maximum absolute atomic E-state index is 12.2. The first-order chi connectivity index (χ1) is 10.7. The highest BCUT2D eigenvalue weighted by atomic mass is 16.6. The number of hydrogen-bond acceptors (Lipinski definition) is 4. The molecule has 1 aliphatic rings. The summed E-state index contributed by atoms with van der Waals surface area (Å²) in [5, 5.41) is 0. The van der Waals surface area contributed by atoms with Gasteiger partial charge in [0.2, 0.25) is 0 Å². The molecule has 5 nitrogen and oxygen atoms in total. The van der Waals surface area contributed by atoms with Crippen molar-refractivity contribution in [1.29, 1.82) is 0 Å². The number of ether oxygens (including phenoxy) is 2. The number of rotatable bonds is 4. The van der Waals surface area contributed by atoms with Gasteiger partial charge in [0.1, 0.15) is 5.60 Å². The van der Waals surface area contributed by atoms with Crippen LogP contribution in [-0.4, -0.2) is 40.3 Å². The minimum Gasteiger partial charge on any atom is -0.444 e. The summed E-state index contributed by atoms with van der Waals surface area (Å²) in [7, 11) is 0. The van der Waals surface area contributed by atoms with Gasteiger partial charge in [-0.05, 0) is 52.7 Å². The van der Waals surface area contributed by atoms with Crippen LogP contribution in [0.3, 0.4) is 0 Å². The topological polar surface area (TPSA) is 51.7 Å². The number of carbonyl (C=O) groups excluding carboxylic acids is 1. The number of hydrogen-bond donors (Lipinski definition) is 0. The maximum atomic E-state index is 12.2. The highest BCUT2D eigenvalue weighted by Gasteiger charge is 2.41. The fourth-order valence-corrected chi connectivity index (χ4v) is 2.74.